The molecule has 0 fully saturated rings. The van der Waals surface area contributed by atoms with Crippen LogP contribution >= 0.6 is 0 Å². The van der Waals surface area contributed by atoms with Crippen LogP contribution in [0.3, 0.4) is 0 Å². The predicted octanol–water partition coefficient (Wildman–Crippen LogP) is 3.30. The fraction of sp³-hybridized carbons (Fsp3) is 0.238. The number of hydrogen-bond acceptors (Lipinski definition) is 4. The zero-order chi connectivity index (χ0) is 17.9. The minimum atomic E-state index is -0.797. The molecule has 0 aliphatic carbocycles. The lowest BCUT2D eigenvalue weighted by molar-refractivity contribution is 0.461. The van der Waals surface area contributed by atoms with E-state index in [1.165, 1.54) is 10.9 Å². The van der Waals surface area contributed by atoms with Crippen LogP contribution < -0.4 is 15.8 Å². The second kappa shape index (κ2) is 5.06. The van der Waals surface area contributed by atoms with Gasteiger partial charge in [0.1, 0.15) is 0 Å². The molecule has 4 heteroatoms. The minimum absolute atomic E-state index is 0.115. The first kappa shape index (κ1) is 15.6. The zero-order valence-electron chi connectivity index (χ0n) is 14.5. The number of nitrogens with zero attached hydrogens (tertiary/aromatic N) is 1. The van der Waals surface area contributed by atoms with E-state index in [-0.39, 0.29) is 11.0 Å². The fourth-order valence-electron chi connectivity index (χ4n) is 3.82. The molecule has 0 amide bonds. The van der Waals surface area contributed by atoms with Gasteiger partial charge in [-0.05, 0) is 41.5 Å². The van der Waals surface area contributed by atoms with Crippen LogP contribution in [0.25, 0.3) is 16.8 Å². The van der Waals surface area contributed by atoms with Crippen molar-refractivity contribution in [3.63, 3.8) is 0 Å². The van der Waals surface area contributed by atoms with Gasteiger partial charge in [-0.2, -0.15) is 0 Å². The van der Waals surface area contributed by atoms with Gasteiger partial charge in [-0.15, -0.1) is 0 Å². The van der Waals surface area contributed by atoms with Crippen molar-refractivity contribution in [1.29, 1.82) is 0 Å². The Balaban J connectivity index is 1.97. The first-order valence-corrected chi connectivity index (χ1v) is 8.41. The SMILES string of the molecule is CCN1/C(=C/c2c(O)c(=O)c2=O)C(C)(C)c2cc3ccccc3cc21. The lowest BCUT2D eigenvalue weighted by Gasteiger charge is -2.26. The van der Waals surface area contributed by atoms with E-state index in [4.69, 9.17) is 0 Å². The molecule has 1 aliphatic heterocycles. The van der Waals surface area contributed by atoms with Crippen molar-refractivity contribution < 1.29 is 5.11 Å². The van der Waals surface area contributed by atoms with Crippen LogP contribution in [0.4, 0.5) is 5.69 Å². The van der Waals surface area contributed by atoms with E-state index in [1.54, 1.807) is 6.08 Å². The maximum absolute atomic E-state index is 11.8. The molecule has 4 rings (SSSR count). The molecule has 1 N–H and O–H groups in total. The highest BCUT2D eigenvalue weighted by Crippen LogP contribution is 2.49. The third-order valence-electron chi connectivity index (χ3n) is 5.28. The van der Waals surface area contributed by atoms with E-state index in [0.717, 1.165) is 23.3 Å². The summed E-state index contributed by atoms with van der Waals surface area (Å²) < 4.78 is 0. The summed E-state index contributed by atoms with van der Waals surface area (Å²) in [5, 5.41) is 12.1. The third kappa shape index (κ3) is 2.00. The number of benzene rings is 2. The van der Waals surface area contributed by atoms with Crippen LogP contribution in [0, 0.1) is 0 Å². The van der Waals surface area contributed by atoms with Crippen molar-refractivity contribution >= 4 is 22.5 Å². The van der Waals surface area contributed by atoms with E-state index >= 15 is 0 Å². The van der Waals surface area contributed by atoms with Gasteiger partial charge in [-0.3, -0.25) is 9.59 Å². The molecule has 0 radical (unpaired) electrons. The van der Waals surface area contributed by atoms with Crippen LogP contribution in [0.1, 0.15) is 31.9 Å². The smallest absolute Gasteiger partial charge is 0.268 e. The molecule has 1 aliphatic rings. The van der Waals surface area contributed by atoms with Crippen LogP contribution in [0.15, 0.2) is 51.7 Å². The van der Waals surface area contributed by atoms with Gasteiger partial charge in [0.15, 0.2) is 5.75 Å². The Kier molecular flexibility index (Phi) is 3.16. The van der Waals surface area contributed by atoms with Gasteiger partial charge in [0.2, 0.25) is 5.43 Å². The Morgan fingerprint density at radius 2 is 1.72 bits per heavy atom. The van der Waals surface area contributed by atoms with Gasteiger partial charge in [-0.1, -0.05) is 38.1 Å². The molecule has 1 heterocycles. The second-order valence-corrected chi connectivity index (χ2v) is 7.04. The summed E-state index contributed by atoms with van der Waals surface area (Å²) in [6.45, 7) is 6.99. The summed E-state index contributed by atoms with van der Waals surface area (Å²) >= 11 is 0. The van der Waals surface area contributed by atoms with Crippen LogP contribution in [0.2, 0.25) is 0 Å². The van der Waals surface area contributed by atoms with Crippen molar-refractivity contribution in [2.75, 3.05) is 11.4 Å². The molecule has 3 aromatic rings. The van der Waals surface area contributed by atoms with Crippen molar-refractivity contribution in [1.82, 2.24) is 0 Å². The Bertz CT molecular complexity index is 1110. The van der Waals surface area contributed by atoms with Gasteiger partial charge >= 0.3 is 0 Å². The maximum Gasteiger partial charge on any atom is 0.268 e. The Hall–Kier alpha value is -2.88. The summed E-state index contributed by atoms with van der Waals surface area (Å²) in [4.78, 5) is 25.3. The van der Waals surface area contributed by atoms with Crippen LogP contribution in [0.5, 0.6) is 5.75 Å². The standard InChI is InChI=1S/C21H19NO3/c1-4-22-16-10-13-8-6-5-7-12(13)9-15(16)21(2,3)17(22)11-14-18(23)20(25)19(14)24/h5-11,23H,4H2,1-3H3/b17-11+. The van der Waals surface area contributed by atoms with E-state index in [1.807, 2.05) is 12.1 Å². The number of likely N-dealkylation sites (N-methyl/N-ethyl adjacent to an activating group) is 1. The highest BCUT2D eigenvalue weighted by molar-refractivity contribution is 5.91. The first-order valence-electron chi connectivity index (χ1n) is 8.41. The number of anilines is 1. The third-order valence-corrected chi connectivity index (χ3v) is 5.28. The minimum Gasteiger partial charge on any atom is -0.504 e. The molecule has 0 bridgehead atoms. The van der Waals surface area contributed by atoms with Crippen molar-refractivity contribution in [3.05, 3.63) is 73.7 Å². The molecule has 0 saturated heterocycles. The van der Waals surface area contributed by atoms with E-state index in [2.05, 4.69) is 49.9 Å². The number of rotatable bonds is 2. The molecule has 4 nitrogen and oxygen atoms in total. The quantitative estimate of drug-likeness (QED) is 0.731. The van der Waals surface area contributed by atoms with Crippen molar-refractivity contribution in [3.8, 4) is 5.75 Å². The summed E-state index contributed by atoms with van der Waals surface area (Å²) in [5.74, 6) is -0.425. The predicted molar refractivity (Wildman–Crippen MR) is 101 cm³/mol. The first-order chi connectivity index (χ1) is 11.9. The molecule has 25 heavy (non-hydrogen) atoms. The number of aromatic hydroxyl groups is 1. The molecule has 0 atom stereocenters. The van der Waals surface area contributed by atoms with E-state index < -0.39 is 16.6 Å². The van der Waals surface area contributed by atoms with Gasteiger partial charge in [0.25, 0.3) is 5.43 Å². The lowest BCUT2D eigenvalue weighted by atomic mass is 9.82. The molecular formula is C21H19NO3. The maximum atomic E-state index is 11.8. The van der Waals surface area contributed by atoms with Crippen molar-refractivity contribution in [2.24, 2.45) is 0 Å². The van der Waals surface area contributed by atoms with E-state index in [0.29, 0.717) is 0 Å². The van der Waals surface area contributed by atoms with Crippen molar-refractivity contribution in [2.45, 2.75) is 26.2 Å². The highest BCUT2D eigenvalue weighted by atomic mass is 16.3. The fourth-order valence-corrected chi connectivity index (χ4v) is 3.82. The molecule has 0 aromatic heterocycles. The van der Waals surface area contributed by atoms with Gasteiger partial charge in [0, 0.05) is 23.3 Å². The second-order valence-electron chi connectivity index (χ2n) is 7.04. The van der Waals surface area contributed by atoms with Gasteiger partial charge < -0.3 is 10.0 Å². The molecule has 0 unspecified atom stereocenters. The lowest BCUT2D eigenvalue weighted by Crippen LogP contribution is -2.34. The molecule has 126 valence electrons. The van der Waals surface area contributed by atoms with Gasteiger partial charge in [0.05, 0.1) is 5.56 Å². The van der Waals surface area contributed by atoms with Crippen LogP contribution in [-0.4, -0.2) is 11.7 Å². The number of hydrogen-bond donors (Lipinski definition) is 1. The van der Waals surface area contributed by atoms with Crippen LogP contribution in [-0.2, 0) is 5.41 Å². The van der Waals surface area contributed by atoms with E-state index in [9.17, 15) is 14.7 Å². The number of fused-ring (bicyclic) bond motifs is 2. The zero-order valence-corrected chi connectivity index (χ0v) is 14.5. The molecule has 0 spiro atoms. The topological polar surface area (TPSA) is 57.6 Å². The largest absolute Gasteiger partial charge is 0.504 e. The summed E-state index contributed by atoms with van der Waals surface area (Å²) in [7, 11) is 0. The average Bonchev–Trinajstić information content (AvgIpc) is 2.83. The summed E-state index contributed by atoms with van der Waals surface area (Å²) in [6, 6.07) is 12.6. The summed E-state index contributed by atoms with van der Waals surface area (Å²) in [5.41, 5.74) is 1.58. The Morgan fingerprint density at radius 1 is 1.08 bits per heavy atom. The Labute approximate surface area is 145 Å². The monoisotopic (exact) mass is 333 g/mol. The Morgan fingerprint density at radius 3 is 2.32 bits per heavy atom. The molecule has 3 aromatic carbocycles. The average molecular weight is 333 g/mol. The number of allylic oxidation sites excluding steroid dienone is 1. The highest BCUT2D eigenvalue weighted by Gasteiger charge is 2.40. The molecule has 0 saturated carbocycles. The molecular weight excluding hydrogens is 314 g/mol. The summed E-state index contributed by atoms with van der Waals surface area (Å²) in [6.07, 6.45) is 1.67. The normalized spacial score (nSPS) is 17.6. The van der Waals surface area contributed by atoms with Gasteiger partial charge in [-0.25, -0.2) is 0 Å².